The molecular formula is C14H26ClN3O3. The van der Waals surface area contributed by atoms with Crippen molar-refractivity contribution in [2.75, 3.05) is 39.9 Å². The van der Waals surface area contributed by atoms with Gasteiger partial charge in [0.05, 0.1) is 25.3 Å². The lowest BCUT2D eigenvalue weighted by molar-refractivity contribution is -0.145. The number of hydrogen-bond acceptors (Lipinski definition) is 4. The highest BCUT2D eigenvalue weighted by molar-refractivity contribution is 5.90. The molecule has 7 heteroatoms. The monoisotopic (exact) mass is 319 g/mol. The zero-order valence-corrected chi connectivity index (χ0v) is 13.5. The number of nitrogens with zero attached hydrogens (tertiary/aromatic N) is 2. The van der Waals surface area contributed by atoms with Gasteiger partial charge in [0, 0.05) is 20.1 Å². The van der Waals surface area contributed by atoms with Gasteiger partial charge in [-0.05, 0) is 12.8 Å². The molecule has 1 saturated heterocycles. The van der Waals surface area contributed by atoms with E-state index in [0.29, 0.717) is 26.3 Å². The Morgan fingerprint density at radius 1 is 1.19 bits per heavy atom. The molecule has 2 N–H and O–H groups in total. The van der Waals surface area contributed by atoms with Gasteiger partial charge in [0.15, 0.2) is 0 Å². The second-order valence-corrected chi connectivity index (χ2v) is 5.87. The number of halogens is 1. The third-order valence-electron chi connectivity index (χ3n) is 4.25. The van der Waals surface area contributed by atoms with Gasteiger partial charge in [0.25, 0.3) is 0 Å². The maximum atomic E-state index is 12.4. The molecule has 0 radical (unpaired) electrons. The van der Waals surface area contributed by atoms with Gasteiger partial charge < -0.3 is 20.3 Å². The number of nitrogens with two attached hydrogens (primary N) is 1. The number of rotatable bonds is 3. The van der Waals surface area contributed by atoms with Crippen molar-refractivity contribution in [3.05, 3.63) is 0 Å². The highest BCUT2D eigenvalue weighted by atomic mass is 35.5. The zero-order valence-electron chi connectivity index (χ0n) is 12.7. The Morgan fingerprint density at radius 3 is 2.33 bits per heavy atom. The van der Waals surface area contributed by atoms with Gasteiger partial charge in [0.1, 0.15) is 0 Å². The number of ether oxygens (including phenoxy) is 1. The molecule has 0 aromatic rings. The van der Waals surface area contributed by atoms with E-state index in [2.05, 4.69) is 0 Å². The van der Waals surface area contributed by atoms with Crippen LogP contribution in [0.15, 0.2) is 0 Å². The minimum Gasteiger partial charge on any atom is -0.378 e. The summed E-state index contributed by atoms with van der Waals surface area (Å²) in [4.78, 5) is 27.8. The first-order valence-corrected chi connectivity index (χ1v) is 7.43. The van der Waals surface area contributed by atoms with E-state index in [1.165, 1.54) is 4.90 Å². The minimum absolute atomic E-state index is 0. The molecule has 0 aromatic carbocycles. The Hall–Kier alpha value is -0.850. The first kappa shape index (κ1) is 18.2. The second-order valence-electron chi connectivity index (χ2n) is 5.87. The number of likely N-dealkylation sites (N-methyl/N-ethyl adjacent to an activating group) is 1. The van der Waals surface area contributed by atoms with Crippen molar-refractivity contribution in [1.82, 2.24) is 9.80 Å². The Morgan fingerprint density at radius 2 is 1.76 bits per heavy atom. The van der Waals surface area contributed by atoms with Gasteiger partial charge in [-0.2, -0.15) is 0 Å². The van der Waals surface area contributed by atoms with Crippen LogP contribution < -0.4 is 5.73 Å². The fourth-order valence-electron chi connectivity index (χ4n) is 2.96. The molecule has 1 saturated carbocycles. The van der Waals surface area contributed by atoms with E-state index in [0.717, 1.165) is 32.1 Å². The fourth-order valence-corrected chi connectivity index (χ4v) is 2.96. The first-order valence-electron chi connectivity index (χ1n) is 7.43. The predicted octanol–water partition coefficient (Wildman–Crippen LogP) is 0.387. The summed E-state index contributed by atoms with van der Waals surface area (Å²) < 4.78 is 5.22. The summed E-state index contributed by atoms with van der Waals surface area (Å²) in [6, 6.07) is 0. The Balaban J connectivity index is 0.00000220. The maximum Gasteiger partial charge on any atom is 0.242 e. The van der Waals surface area contributed by atoms with Crippen molar-refractivity contribution in [3.63, 3.8) is 0 Å². The van der Waals surface area contributed by atoms with Crippen molar-refractivity contribution >= 4 is 24.2 Å². The third kappa shape index (κ3) is 4.56. The molecule has 0 unspecified atom stereocenters. The van der Waals surface area contributed by atoms with E-state index >= 15 is 0 Å². The first-order chi connectivity index (χ1) is 9.53. The number of amides is 2. The van der Waals surface area contributed by atoms with Gasteiger partial charge >= 0.3 is 0 Å². The van der Waals surface area contributed by atoms with Crippen LogP contribution in [0.4, 0.5) is 0 Å². The van der Waals surface area contributed by atoms with E-state index in [1.807, 2.05) is 0 Å². The van der Waals surface area contributed by atoms with Crippen molar-refractivity contribution in [2.24, 2.45) is 5.73 Å². The van der Waals surface area contributed by atoms with Crippen LogP contribution in [0.5, 0.6) is 0 Å². The van der Waals surface area contributed by atoms with Crippen LogP contribution in [0.2, 0.25) is 0 Å². The summed E-state index contributed by atoms with van der Waals surface area (Å²) in [6.07, 6.45) is 4.58. The number of morpholine rings is 1. The highest BCUT2D eigenvalue weighted by Crippen LogP contribution is 2.27. The fraction of sp³-hybridized carbons (Fsp3) is 0.857. The largest absolute Gasteiger partial charge is 0.378 e. The molecular weight excluding hydrogens is 294 g/mol. The maximum absolute atomic E-state index is 12.4. The molecule has 1 heterocycles. The van der Waals surface area contributed by atoms with Crippen molar-refractivity contribution < 1.29 is 14.3 Å². The van der Waals surface area contributed by atoms with E-state index < -0.39 is 5.54 Å². The zero-order chi connectivity index (χ0) is 14.6. The molecule has 2 fully saturated rings. The van der Waals surface area contributed by atoms with E-state index in [-0.39, 0.29) is 30.8 Å². The van der Waals surface area contributed by atoms with Crippen LogP contribution in [0, 0.1) is 0 Å². The van der Waals surface area contributed by atoms with Crippen LogP contribution in [0.1, 0.15) is 32.1 Å². The summed E-state index contributed by atoms with van der Waals surface area (Å²) in [5.74, 6) is -0.123. The Kier molecular flexibility index (Phi) is 6.90. The molecule has 2 amide bonds. The summed E-state index contributed by atoms with van der Waals surface area (Å²) in [5.41, 5.74) is 5.46. The average molecular weight is 320 g/mol. The normalized spacial score (nSPS) is 21.3. The van der Waals surface area contributed by atoms with Gasteiger partial charge in [-0.3, -0.25) is 9.59 Å². The summed E-state index contributed by atoms with van der Waals surface area (Å²) >= 11 is 0. The topological polar surface area (TPSA) is 75.9 Å². The molecule has 1 aliphatic heterocycles. The molecule has 2 rings (SSSR count). The standard InChI is InChI=1S/C14H25N3O3.ClH/c1-16(11-12(18)17-7-9-20-10-8-17)13(19)14(15)5-3-2-4-6-14;/h2-11,15H2,1H3;1H. The number of carbonyl (C=O) groups is 2. The summed E-state index contributed by atoms with van der Waals surface area (Å²) in [7, 11) is 1.67. The van der Waals surface area contributed by atoms with Crippen molar-refractivity contribution in [1.29, 1.82) is 0 Å². The van der Waals surface area contributed by atoms with Crippen LogP contribution in [-0.2, 0) is 14.3 Å². The quantitative estimate of drug-likeness (QED) is 0.816. The smallest absolute Gasteiger partial charge is 0.242 e. The summed E-state index contributed by atoms with van der Waals surface area (Å²) in [6.45, 7) is 2.47. The average Bonchev–Trinajstić information content (AvgIpc) is 2.48. The van der Waals surface area contributed by atoms with Crippen LogP contribution in [-0.4, -0.2) is 67.0 Å². The molecule has 122 valence electrons. The van der Waals surface area contributed by atoms with E-state index in [1.54, 1.807) is 11.9 Å². The Labute approximate surface area is 132 Å². The second kappa shape index (κ2) is 7.96. The van der Waals surface area contributed by atoms with E-state index in [9.17, 15) is 9.59 Å². The molecule has 0 aromatic heterocycles. The number of hydrogen-bond donors (Lipinski definition) is 1. The minimum atomic E-state index is -0.766. The SMILES string of the molecule is CN(CC(=O)N1CCOCC1)C(=O)C1(N)CCCCC1.Cl. The molecule has 21 heavy (non-hydrogen) atoms. The third-order valence-corrected chi connectivity index (χ3v) is 4.25. The van der Waals surface area contributed by atoms with Gasteiger partial charge in [0.2, 0.25) is 11.8 Å². The molecule has 6 nitrogen and oxygen atoms in total. The van der Waals surface area contributed by atoms with Gasteiger partial charge in [-0.1, -0.05) is 19.3 Å². The van der Waals surface area contributed by atoms with Gasteiger partial charge in [-0.15, -0.1) is 12.4 Å². The van der Waals surface area contributed by atoms with Crippen LogP contribution >= 0.6 is 12.4 Å². The highest BCUT2D eigenvalue weighted by Gasteiger charge is 2.38. The lowest BCUT2D eigenvalue weighted by atomic mass is 9.81. The summed E-state index contributed by atoms with van der Waals surface area (Å²) in [5, 5.41) is 0. The molecule has 0 spiro atoms. The molecule has 0 bridgehead atoms. The van der Waals surface area contributed by atoms with Crippen molar-refractivity contribution in [3.8, 4) is 0 Å². The molecule has 2 aliphatic rings. The van der Waals surface area contributed by atoms with Gasteiger partial charge in [-0.25, -0.2) is 0 Å². The Bertz CT molecular complexity index is 366. The van der Waals surface area contributed by atoms with E-state index in [4.69, 9.17) is 10.5 Å². The molecule has 1 aliphatic carbocycles. The van der Waals surface area contributed by atoms with Crippen LogP contribution in [0.25, 0.3) is 0 Å². The predicted molar refractivity (Wildman–Crippen MR) is 82.3 cm³/mol. The lowest BCUT2D eigenvalue weighted by Gasteiger charge is -2.36. The van der Waals surface area contributed by atoms with Crippen molar-refractivity contribution in [2.45, 2.75) is 37.6 Å². The molecule has 0 atom stereocenters. The van der Waals surface area contributed by atoms with Crippen LogP contribution in [0.3, 0.4) is 0 Å². The lowest BCUT2D eigenvalue weighted by Crippen LogP contribution is -2.57. The number of carbonyl (C=O) groups excluding carboxylic acids is 2.